The molecular formula is C21H20FNO2. The summed E-state index contributed by atoms with van der Waals surface area (Å²) in [5.41, 5.74) is 7.01. The molecule has 0 aliphatic rings. The van der Waals surface area contributed by atoms with Crippen LogP contribution in [0.15, 0.2) is 85.1 Å². The van der Waals surface area contributed by atoms with Gasteiger partial charge in [0.1, 0.15) is 18.2 Å². The maximum atomic E-state index is 14.3. The van der Waals surface area contributed by atoms with Gasteiger partial charge in [-0.15, -0.1) is 0 Å². The average Bonchev–Trinajstić information content (AvgIpc) is 2.61. The number of carbonyl (C=O) groups excluding carboxylic acids is 1. The highest BCUT2D eigenvalue weighted by atomic mass is 19.1. The van der Waals surface area contributed by atoms with Gasteiger partial charge in [0.2, 0.25) is 0 Å². The summed E-state index contributed by atoms with van der Waals surface area (Å²) in [4.78, 5) is 12.3. The first-order chi connectivity index (χ1) is 12.1. The van der Waals surface area contributed by atoms with Crippen molar-refractivity contribution in [2.45, 2.75) is 13.0 Å². The third-order valence-corrected chi connectivity index (χ3v) is 3.50. The van der Waals surface area contributed by atoms with Crippen molar-refractivity contribution in [1.29, 1.82) is 0 Å². The fourth-order valence-corrected chi connectivity index (χ4v) is 2.28. The molecule has 0 bridgehead atoms. The molecule has 0 aromatic heterocycles. The fourth-order valence-electron chi connectivity index (χ4n) is 2.28. The van der Waals surface area contributed by atoms with Crippen LogP contribution in [0.1, 0.15) is 22.3 Å². The number of halogens is 1. The van der Waals surface area contributed by atoms with Gasteiger partial charge >= 0.3 is 0 Å². The van der Waals surface area contributed by atoms with Crippen molar-refractivity contribution >= 4 is 5.78 Å². The van der Waals surface area contributed by atoms with E-state index in [1.54, 1.807) is 24.3 Å². The Labute approximate surface area is 146 Å². The normalized spacial score (nSPS) is 11.5. The Hall–Kier alpha value is -3.14. The molecule has 0 heterocycles. The molecule has 2 N–H and O–H groups in total. The summed E-state index contributed by atoms with van der Waals surface area (Å²) in [5.74, 6) is -0.565. The second-order valence-corrected chi connectivity index (χ2v) is 5.35. The fraction of sp³-hybridized carbons (Fsp3) is 0.0952. The van der Waals surface area contributed by atoms with Crippen LogP contribution in [0, 0.1) is 5.82 Å². The molecule has 0 saturated heterocycles. The molecule has 0 fully saturated rings. The van der Waals surface area contributed by atoms with E-state index < -0.39 is 5.82 Å². The first-order valence-electron chi connectivity index (χ1n) is 7.83. The van der Waals surface area contributed by atoms with Crippen molar-refractivity contribution in [1.82, 2.24) is 0 Å². The van der Waals surface area contributed by atoms with Crippen LogP contribution < -0.4 is 10.5 Å². The molecule has 3 nitrogen and oxygen atoms in total. The number of nitrogens with two attached hydrogens (primary N) is 1. The minimum Gasteiger partial charge on any atom is -0.489 e. The Bertz CT molecular complexity index is 795. The lowest BCUT2D eigenvalue weighted by atomic mass is 10.0. The third kappa shape index (κ3) is 5.46. The van der Waals surface area contributed by atoms with Gasteiger partial charge in [0.25, 0.3) is 0 Å². The van der Waals surface area contributed by atoms with Crippen LogP contribution in [0.4, 0.5) is 4.39 Å². The Kier molecular flexibility index (Phi) is 6.72. The number of hydrogen-bond donors (Lipinski definition) is 1. The minimum atomic E-state index is -0.606. The summed E-state index contributed by atoms with van der Waals surface area (Å²) in [5, 5.41) is 0. The molecule has 25 heavy (non-hydrogen) atoms. The van der Waals surface area contributed by atoms with E-state index in [1.165, 1.54) is 18.3 Å². The Balaban J connectivity index is 2.06. The van der Waals surface area contributed by atoms with E-state index in [2.05, 4.69) is 6.58 Å². The van der Waals surface area contributed by atoms with Crippen molar-refractivity contribution in [2.24, 2.45) is 5.73 Å². The Morgan fingerprint density at radius 2 is 1.96 bits per heavy atom. The van der Waals surface area contributed by atoms with Gasteiger partial charge in [-0.05, 0) is 35.5 Å². The van der Waals surface area contributed by atoms with Crippen molar-refractivity contribution in [2.75, 3.05) is 0 Å². The third-order valence-electron chi connectivity index (χ3n) is 3.50. The molecule has 0 saturated carbocycles. The lowest BCUT2D eigenvalue weighted by Crippen LogP contribution is -2.04. The summed E-state index contributed by atoms with van der Waals surface area (Å²) in [7, 11) is 0. The number of carbonyl (C=O) groups is 1. The zero-order chi connectivity index (χ0) is 18.1. The maximum absolute atomic E-state index is 14.3. The maximum Gasteiger partial charge on any atom is 0.170 e. The summed E-state index contributed by atoms with van der Waals surface area (Å²) in [6.45, 7) is 3.92. The standard InChI is InChI=1S/C21H20FNO2/c1-2-6-16(11-12-23)13-21(24)19-10-9-18(14-20(19)22)25-15-17-7-4-3-5-8-17/h2-12,14H,1,13,15,23H2/b12-11-,16-6+. The summed E-state index contributed by atoms with van der Waals surface area (Å²) in [6.07, 6.45) is 6.19. The van der Waals surface area contributed by atoms with E-state index in [1.807, 2.05) is 30.3 Å². The molecule has 0 spiro atoms. The molecule has 0 amide bonds. The molecule has 0 aliphatic heterocycles. The molecule has 2 aromatic carbocycles. The molecule has 128 valence electrons. The molecule has 4 heteroatoms. The van der Waals surface area contributed by atoms with Gasteiger partial charge in [0.05, 0.1) is 5.56 Å². The highest BCUT2D eigenvalue weighted by Crippen LogP contribution is 2.20. The van der Waals surface area contributed by atoms with E-state index >= 15 is 0 Å². The first kappa shape index (κ1) is 18.2. The van der Waals surface area contributed by atoms with Crippen molar-refractivity contribution in [3.8, 4) is 5.75 Å². The smallest absolute Gasteiger partial charge is 0.170 e. The number of ether oxygens (including phenoxy) is 1. The van der Waals surface area contributed by atoms with E-state index in [0.29, 0.717) is 17.9 Å². The predicted molar refractivity (Wildman–Crippen MR) is 97.7 cm³/mol. The molecule has 0 atom stereocenters. The lowest BCUT2D eigenvalue weighted by molar-refractivity contribution is 0.0990. The van der Waals surface area contributed by atoms with Gasteiger partial charge in [0, 0.05) is 12.5 Å². The van der Waals surface area contributed by atoms with Crippen LogP contribution >= 0.6 is 0 Å². The van der Waals surface area contributed by atoms with Crippen LogP contribution in [-0.2, 0) is 6.61 Å². The Morgan fingerprint density at radius 3 is 2.60 bits per heavy atom. The van der Waals surface area contributed by atoms with Gasteiger partial charge in [-0.25, -0.2) is 4.39 Å². The topological polar surface area (TPSA) is 52.3 Å². The van der Waals surface area contributed by atoms with E-state index in [-0.39, 0.29) is 17.8 Å². The van der Waals surface area contributed by atoms with Gasteiger partial charge in [-0.2, -0.15) is 0 Å². The predicted octanol–water partition coefficient (Wildman–Crippen LogP) is 4.56. The van der Waals surface area contributed by atoms with Crippen LogP contribution in [0.25, 0.3) is 0 Å². The van der Waals surface area contributed by atoms with Crippen LogP contribution in [-0.4, -0.2) is 5.78 Å². The highest BCUT2D eigenvalue weighted by molar-refractivity contribution is 5.98. The summed E-state index contributed by atoms with van der Waals surface area (Å²) < 4.78 is 19.8. The first-order valence-corrected chi connectivity index (χ1v) is 7.83. The molecule has 0 aliphatic carbocycles. The number of Topliss-reactive ketones (excluding diaryl/α,β-unsaturated/α-hetero) is 1. The van der Waals surface area contributed by atoms with Gasteiger partial charge in [-0.1, -0.05) is 49.1 Å². The second-order valence-electron chi connectivity index (χ2n) is 5.35. The van der Waals surface area contributed by atoms with Crippen LogP contribution in [0.3, 0.4) is 0 Å². The van der Waals surface area contributed by atoms with Crippen molar-refractivity contribution < 1.29 is 13.9 Å². The van der Waals surface area contributed by atoms with Crippen LogP contribution in [0.5, 0.6) is 5.75 Å². The highest BCUT2D eigenvalue weighted by Gasteiger charge is 2.13. The number of benzene rings is 2. The number of rotatable bonds is 8. The van der Waals surface area contributed by atoms with Gasteiger partial charge in [-0.3, -0.25) is 4.79 Å². The van der Waals surface area contributed by atoms with E-state index in [0.717, 1.165) is 5.56 Å². The zero-order valence-electron chi connectivity index (χ0n) is 13.8. The number of hydrogen-bond acceptors (Lipinski definition) is 3. The lowest BCUT2D eigenvalue weighted by Gasteiger charge is -2.09. The average molecular weight is 337 g/mol. The van der Waals surface area contributed by atoms with Crippen molar-refractivity contribution in [3.63, 3.8) is 0 Å². The molecule has 2 aromatic rings. The van der Waals surface area contributed by atoms with Crippen molar-refractivity contribution in [3.05, 3.63) is 102 Å². The van der Waals surface area contributed by atoms with E-state index in [9.17, 15) is 9.18 Å². The van der Waals surface area contributed by atoms with Crippen LogP contribution in [0.2, 0.25) is 0 Å². The summed E-state index contributed by atoms with van der Waals surface area (Å²) >= 11 is 0. The Morgan fingerprint density at radius 1 is 1.20 bits per heavy atom. The number of allylic oxidation sites excluding steroid dienone is 4. The molecule has 0 radical (unpaired) electrons. The monoisotopic (exact) mass is 337 g/mol. The van der Waals surface area contributed by atoms with Gasteiger partial charge in [0.15, 0.2) is 5.78 Å². The number of ketones is 1. The molecule has 2 rings (SSSR count). The van der Waals surface area contributed by atoms with Gasteiger partial charge < -0.3 is 10.5 Å². The molecular weight excluding hydrogens is 317 g/mol. The molecule has 0 unspecified atom stereocenters. The SMILES string of the molecule is C=C/C=C(\C=C/N)CC(=O)c1ccc(OCc2ccccc2)cc1F. The second kappa shape index (κ2) is 9.23. The largest absolute Gasteiger partial charge is 0.489 e. The minimum absolute atomic E-state index is 0.0208. The van der Waals surface area contributed by atoms with E-state index in [4.69, 9.17) is 10.5 Å². The zero-order valence-corrected chi connectivity index (χ0v) is 13.8. The summed E-state index contributed by atoms with van der Waals surface area (Å²) in [6, 6.07) is 13.8. The quantitative estimate of drug-likeness (QED) is 0.567.